The zero-order valence-corrected chi connectivity index (χ0v) is 12.9. The lowest BCUT2D eigenvalue weighted by Crippen LogP contribution is -2.56. The van der Waals surface area contributed by atoms with Crippen LogP contribution in [0.15, 0.2) is 48.5 Å². The van der Waals surface area contributed by atoms with Gasteiger partial charge in [-0.3, -0.25) is 14.9 Å². The average Bonchev–Trinajstić information content (AvgIpc) is 2.58. The van der Waals surface area contributed by atoms with Gasteiger partial charge in [0, 0.05) is 11.8 Å². The van der Waals surface area contributed by atoms with Gasteiger partial charge in [0.05, 0.1) is 23.6 Å². The minimum absolute atomic E-state index is 0.0471. The van der Waals surface area contributed by atoms with E-state index in [9.17, 15) is 14.9 Å². The number of β-lactam (4-membered cyclic amide) rings is 1. The van der Waals surface area contributed by atoms with Crippen LogP contribution in [0.25, 0.3) is 0 Å². The number of rotatable bonds is 4. The summed E-state index contributed by atoms with van der Waals surface area (Å²) in [5, 5.41) is 10.4. The van der Waals surface area contributed by atoms with Gasteiger partial charge in [-0.05, 0) is 30.3 Å². The van der Waals surface area contributed by atoms with Crippen LogP contribution >= 0.6 is 11.6 Å². The fraction of sp³-hybridized carbons (Fsp3) is 0.188. The number of carbonyl (C=O) groups excluding carboxylic acids is 1. The van der Waals surface area contributed by atoms with Gasteiger partial charge in [-0.1, -0.05) is 12.1 Å². The van der Waals surface area contributed by atoms with Gasteiger partial charge in [-0.15, -0.1) is 11.6 Å². The highest BCUT2D eigenvalue weighted by molar-refractivity contribution is 6.37. The Balaban J connectivity index is 2.01. The smallest absolute Gasteiger partial charge is 0.274 e. The highest BCUT2D eigenvalue weighted by Crippen LogP contribution is 2.45. The first-order chi connectivity index (χ1) is 11.0. The molecule has 0 unspecified atom stereocenters. The van der Waals surface area contributed by atoms with E-state index < -0.39 is 16.3 Å². The van der Waals surface area contributed by atoms with Crippen molar-refractivity contribution < 1.29 is 14.5 Å². The van der Waals surface area contributed by atoms with Crippen molar-refractivity contribution in [2.24, 2.45) is 0 Å². The molecule has 0 N–H and O–H groups in total. The fourth-order valence-electron chi connectivity index (χ4n) is 2.69. The van der Waals surface area contributed by atoms with Crippen LogP contribution in [0.5, 0.6) is 5.75 Å². The predicted molar refractivity (Wildman–Crippen MR) is 86.0 cm³/mol. The number of anilines is 1. The molecule has 1 amide bonds. The van der Waals surface area contributed by atoms with Gasteiger partial charge in [0.2, 0.25) is 5.91 Å². The van der Waals surface area contributed by atoms with Crippen LogP contribution in [0.1, 0.15) is 11.6 Å². The highest BCUT2D eigenvalue weighted by Gasteiger charge is 2.50. The highest BCUT2D eigenvalue weighted by atomic mass is 35.5. The summed E-state index contributed by atoms with van der Waals surface area (Å²) in [5.74, 6) is 0.381. The predicted octanol–water partition coefficient (Wildman–Crippen LogP) is 3.30. The van der Waals surface area contributed by atoms with Gasteiger partial charge in [-0.2, -0.15) is 0 Å². The van der Waals surface area contributed by atoms with Gasteiger partial charge < -0.3 is 9.64 Å². The molecule has 0 spiro atoms. The van der Waals surface area contributed by atoms with Crippen LogP contribution in [-0.2, 0) is 4.79 Å². The second-order valence-electron chi connectivity index (χ2n) is 5.07. The third kappa shape index (κ3) is 2.51. The molecule has 1 heterocycles. The van der Waals surface area contributed by atoms with E-state index in [1.807, 2.05) is 0 Å². The number of nitro groups is 1. The summed E-state index contributed by atoms with van der Waals surface area (Å²) in [7, 11) is 1.55. The zero-order chi connectivity index (χ0) is 16.6. The van der Waals surface area contributed by atoms with E-state index in [4.69, 9.17) is 16.3 Å². The molecule has 6 nitrogen and oxygen atoms in total. The molecule has 1 fully saturated rings. The van der Waals surface area contributed by atoms with Crippen molar-refractivity contribution in [3.8, 4) is 5.75 Å². The number of carbonyl (C=O) groups is 1. The standard InChI is InChI=1S/C16H13ClN2O4/c1-23-11-8-6-10(7-9-11)18-15(14(17)16(18)20)12-4-2-3-5-13(12)19(21)22/h2-9,14-15H,1H3/t14-,15-/m1/s1. The molecule has 0 aliphatic carbocycles. The summed E-state index contributed by atoms with van der Waals surface area (Å²) in [4.78, 5) is 24.4. The first kappa shape index (κ1) is 15.3. The third-order valence-corrected chi connectivity index (χ3v) is 4.26. The number of halogens is 1. The van der Waals surface area contributed by atoms with Crippen LogP contribution < -0.4 is 9.64 Å². The monoisotopic (exact) mass is 332 g/mol. The van der Waals surface area contributed by atoms with Crippen molar-refractivity contribution in [2.45, 2.75) is 11.4 Å². The van der Waals surface area contributed by atoms with Crippen molar-refractivity contribution >= 4 is 28.9 Å². The van der Waals surface area contributed by atoms with Crippen LogP contribution in [0.3, 0.4) is 0 Å². The molecule has 0 bridgehead atoms. The van der Waals surface area contributed by atoms with Gasteiger partial charge in [-0.25, -0.2) is 0 Å². The van der Waals surface area contributed by atoms with Crippen LogP contribution in [-0.4, -0.2) is 23.3 Å². The summed E-state index contributed by atoms with van der Waals surface area (Å²) < 4.78 is 5.09. The molecule has 1 aliphatic heterocycles. The molecule has 23 heavy (non-hydrogen) atoms. The maximum Gasteiger partial charge on any atom is 0.274 e. The number of hydrogen-bond acceptors (Lipinski definition) is 4. The van der Waals surface area contributed by atoms with Gasteiger partial charge >= 0.3 is 0 Å². The summed E-state index contributed by atoms with van der Waals surface area (Å²) in [5.41, 5.74) is 0.998. The summed E-state index contributed by atoms with van der Waals surface area (Å²) in [6.45, 7) is 0. The second-order valence-corrected chi connectivity index (χ2v) is 5.54. The molecule has 1 aliphatic rings. The molecule has 0 aromatic heterocycles. The lowest BCUT2D eigenvalue weighted by Gasteiger charge is -2.44. The van der Waals surface area contributed by atoms with Crippen LogP contribution in [0, 0.1) is 10.1 Å². The molecule has 2 atom stereocenters. The molecular formula is C16H13ClN2O4. The summed E-state index contributed by atoms with van der Waals surface area (Å²) in [6, 6.07) is 12.6. The number of amides is 1. The van der Waals surface area contributed by atoms with Crippen molar-refractivity contribution in [2.75, 3.05) is 12.0 Å². The number of hydrogen-bond donors (Lipinski definition) is 0. The molecule has 0 saturated carbocycles. The number of alkyl halides is 1. The molecule has 3 rings (SSSR count). The van der Waals surface area contributed by atoms with E-state index in [2.05, 4.69) is 0 Å². The lowest BCUT2D eigenvalue weighted by atomic mass is 9.91. The molecule has 2 aromatic carbocycles. The Morgan fingerprint density at radius 1 is 1.17 bits per heavy atom. The Morgan fingerprint density at radius 3 is 2.43 bits per heavy atom. The minimum atomic E-state index is -0.821. The number of methoxy groups -OCH3 is 1. The SMILES string of the molecule is COc1ccc(N2C(=O)[C@H](Cl)[C@H]2c2ccccc2[N+](=O)[O-])cc1. The van der Waals surface area contributed by atoms with Crippen LogP contribution in [0.4, 0.5) is 11.4 Å². The summed E-state index contributed by atoms with van der Waals surface area (Å²) in [6.07, 6.45) is 0. The molecule has 118 valence electrons. The van der Waals surface area contributed by atoms with Crippen molar-refractivity contribution in [1.29, 1.82) is 0 Å². The van der Waals surface area contributed by atoms with Crippen molar-refractivity contribution in [1.82, 2.24) is 0 Å². The quantitative estimate of drug-likeness (QED) is 0.373. The largest absolute Gasteiger partial charge is 0.497 e. The van der Waals surface area contributed by atoms with Gasteiger partial charge in [0.25, 0.3) is 5.69 Å². The van der Waals surface area contributed by atoms with Gasteiger partial charge in [0.1, 0.15) is 11.1 Å². The lowest BCUT2D eigenvalue weighted by molar-refractivity contribution is -0.385. The van der Waals surface area contributed by atoms with Crippen molar-refractivity contribution in [3.05, 3.63) is 64.2 Å². The van der Waals surface area contributed by atoms with E-state index in [0.717, 1.165) is 0 Å². The van der Waals surface area contributed by atoms with E-state index in [-0.39, 0.29) is 11.6 Å². The van der Waals surface area contributed by atoms with E-state index in [1.54, 1.807) is 49.6 Å². The maximum atomic E-state index is 12.2. The molecular weight excluding hydrogens is 320 g/mol. The first-order valence-corrected chi connectivity index (χ1v) is 7.32. The Bertz CT molecular complexity index is 763. The van der Waals surface area contributed by atoms with E-state index in [1.165, 1.54) is 11.0 Å². The topological polar surface area (TPSA) is 72.7 Å². The number of nitro benzene ring substituents is 1. The number of para-hydroxylation sites is 1. The Kier molecular flexibility index (Phi) is 3.92. The Morgan fingerprint density at radius 2 is 1.83 bits per heavy atom. The molecule has 1 saturated heterocycles. The summed E-state index contributed by atoms with van der Waals surface area (Å²) >= 11 is 6.14. The molecule has 0 radical (unpaired) electrons. The third-order valence-electron chi connectivity index (χ3n) is 3.83. The number of ether oxygens (including phenoxy) is 1. The molecule has 7 heteroatoms. The second kappa shape index (κ2) is 5.89. The Labute approximate surface area is 137 Å². The number of benzene rings is 2. The minimum Gasteiger partial charge on any atom is -0.497 e. The molecule has 2 aromatic rings. The maximum absolute atomic E-state index is 12.2. The van der Waals surface area contributed by atoms with Crippen molar-refractivity contribution in [3.63, 3.8) is 0 Å². The van der Waals surface area contributed by atoms with E-state index in [0.29, 0.717) is 17.0 Å². The Hall–Kier alpha value is -2.60. The normalized spacial score (nSPS) is 20.1. The number of nitrogens with zero attached hydrogens (tertiary/aromatic N) is 2. The first-order valence-electron chi connectivity index (χ1n) is 6.89. The van der Waals surface area contributed by atoms with Crippen LogP contribution in [0.2, 0.25) is 0 Å². The average molecular weight is 333 g/mol. The van der Waals surface area contributed by atoms with Gasteiger partial charge in [0.15, 0.2) is 0 Å². The fourth-order valence-corrected chi connectivity index (χ4v) is 3.04. The van der Waals surface area contributed by atoms with E-state index >= 15 is 0 Å². The zero-order valence-electron chi connectivity index (χ0n) is 12.2.